The predicted molar refractivity (Wildman–Crippen MR) is 127 cm³/mol. The van der Waals surface area contributed by atoms with E-state index in [1.807, 2.05) is 72.8 Å². The standard InChI is InChI=1S/C27H26N2O4/c1-19(30)21-10-5-11-22(16-21)23-12-6-13-24(17-23)28-26(31)25-14-7-15-29(25)27(32)33-18-20-8-3-2-4-9-20/h2-6,8-13,16-17,25H,7,14-15,18H2,1H3,(H,28,31)/t25-/m0/s1. The van der Waals surface area contributed by atoms with Gasteiger partial charge in [-0.3, -0.25) is 14.5 Å². The van der Waals surface area contributed by atoms with E-state index in [1.165, 1.54) is 11.8 Å². The minimum Gasteiger partial charge on any atom is -0.445 e. The van der Waals surface area contributed by atoms with E-state index in [-0.39, 0.29) is 18.3 Å². The van der Waals surface area contributed by atoms with Crippen molar-refractivity contribution in [2.24, 2.45) is 0 Å². The Labute approximate surface area is 193 Å². The molecule has 33 heavy (non-hydrogen) atoms. The number of ketones is 1. The van der Waals surface area contributed by atoms with E-state index in [1.54, 1.807) is 6.07 Å². The highest BCUT2D eigenvalue weighted by Gasteiger charge is 2.35. The quantitative estimate of drug-likeness (QED) is 0.526. The molecule has 0 saturated carbocycles. The first-order valence-electron chi connectivity index (χ1n) is 11.0. The van der Waals surface area contributed by atoms with E-state index in [2.05, 4.69) is 5.32 Å². The van der Waals surface area contributed by atoms with Crippen molar-refractivity contribution in [2.45, 2.75) is 32.4 Å². The van der Waals surface area contributed by atoms with Crippen LogP contribution >= 0.6 is 0 Å². The molecule has 1 fully saturated rings. The van der Waals surface area contributed by atoms with Gasteiger partial charge in [-0.25, -0.2) is 4.79 Å². The van der Waals surface area contributed by atoms with Gasteiger partial charge >= 0.3 is 6.09 Å². The second kappa shape index (κ2) is 10.1. The number of rotatable bonds is 6. The van der Waals surface area contributed by atoms with Crippen LogP contribution in [0.1, 0.15) is 35.7 Å². The summed E-state index contributed by atoms with van der Waals surface area (Å²) < 4.78 is 5.43. The molecule has 1 aliphatic heterocycles. The average molecular weight is 443 g/mol. The first kappa shape index (κ1) is 22.3. The van der Waals surface area contributed by atoms with Gasteiger partial charge in [0.05, 0.1) is 0 Å². The number of carbonyl (C=O) groups excluding carboxylic acids is 3. The molecule has 1 aliphatic rings. The van der Waals surface area contributed by atoms with E-state index in [0.29, 0.717) is 24.2 Å². The summed E-state index contributed by atoms with van der Waals surface area (Å²) in [7, 11) is 0. The summed E-state index contributed by atoms with van der Waals surface area (Å²) in [5.41, 5.74) is 3.96. The highest BCUT2D eigenvalue weighted by molar-refractivity contribution is 5.98. The fourth-order valence-electron chi connectivity index (χ4n) is 3.98. The van der Waals surface area contributed by atoms with Crippen LogP contribution in [0.5, 0.6) is 0 Å². The predicted octanol–water partition coefficient (Wildman–Crippen LogP) is 5.30. The molecule has 1 N–H and O–H groups in total. The number of nitrogens with zero attached hydrogens (tertiary/aromatic N) is 1. The monoisotopic (exact) mass is 442 g/mol. The summed E-state index contributed by atoms with van der Waals surface area (Å²) in [4.78, 5) is 38.8. The number of carbonyl (C=O) groups is 3. The molecule has 1 saturated heterocycles. The molecule has 0 unspecified atom stereocenters. The summed E-state index contributed by atoms with van der Waals surface area (Å²) in [5, 5.41) is 2.93. The number of hydrogen-bond donors (Lipinski definition) is 1. The van der Waals surface area contributed by atoms with Gasteiger partial charge in [0.1, 0.15) is 12.6 Å². The van der Waals surface area contributed by atoms with Gasteiger partial charge in [0.2, 0.25) is 5.91 Å². The minimum atomic E-state index is -0.571. The molecule has 0 spiro atoms. The van der Waals surface area contributed by atoms with Gasteiger partial charge in [-0.2, -0.15) is 0 Å². The van der Waals surface area contributed by atoms with Crippen molar-refractivity contribution >= 4 is 23.5 Å². The number of ether oxygens (including phenoxy) is 1. The normalized spacial score (nSPS) is 15.2. The molecule has 0 aliphatic carbocycles. The van der Waals surface area contributed by atoms with Gasteiger partial charge < -0.3 is 10.1 Å². The van der Waals surface area contributed by atoms with Crippen molar-refractivity contribution < 1.29 is 19.1 Å². The largest absolute Gasteiger partial charge is 0.445 e. The molecule has 3 aromatic rings. The van der Waals surface area contributed by atoms with Gasteiger partial charge in [0, 0.05) is 17.8 Å². The lowest BCUT2D eigenvalue weighted by atomic mass is 10.0. The first-order chi connectivity index (χ1) is 16.0. The fraction of sp³-hybridized carbons (Fsp3) is 0.222. The van der Waals surface area contributed by atoms with Gasteiger partial charge in [-0.1, -0.05) is 60.7 Å². The molecular formula is C27H26N2O4. The average Bonchev–Trinajstić information content (AvgIpc) is 3.34. The Balaban J connectivity index is 1.42. The fourth-order valence-corrected chi connectivity index (χ4v) is 3.98. The maximum Gasteiger partial charge on any atom is 0.410 e. The molecule has 1 heterocycles. The van der Waals surface area contributed by atoms with Crippen LogP contribution in [-0.4, -0.2) is 35.3 Å². The lowest BCUT2D eigenvalue weighted by Crippen LogP contribution is -2.43. The Morgan fingerprint density at radius 1 is 0.939 bits per heavy atom. The summed E-state index contributed by atoms with van der Waals surface area (Å²) >= 11 is 0. The zero-order chi connectivity index (χ0) is 23.2. The molecular weight excluding hydrogens is 416 g/mol. The smallest absolute Gasteiger partial charge is 0.410 e. The number of amides is 2. The van der Waals surface area contributed by atoms with Crippen LogP contribution in [0, 0.1) is 0 Å². The maximum atomic E-state index is 13.0. The zero-order valence-electron chi connectivity index (χ0n) is 18.5. The molecule has 3 aromatic carbocycles. The van der Waals surface area contributed by atoms with Crippen LogP contribution in [0.3, 0.4) is 0 Å². The second-order valence-electron chi connectivity index (χ2n) is 8.10. The summed E-state index contributed by atoms with van der Waals surface area (Å²) in [6.07, 6.45) is 0.856. The summed E-state index contributed by atoms with van der Waals surface area (Å²) in [5.74, 6) is -0.236. The van der Waals surface area contributed by atoms with Crippen LogP contribution < -0.4 is 5.32 Å². The van der Waals surface area contributed by atoms with E-state index in [0.717, 1.165) is 23.1 Å². The first-order valence-corrected chi connectivity index (χ1v) is 11.0. The Bertz CT molecular complexity index is 1160. The van der Waals surface area contributed by atoms with Crippen molar-refractivity contribution in [3.05, 3.63) is 90.0 Å². The molecule has 0 radical (unpaired) electrons. The van der Waals surface area contributed by atoms with E-state index < -0.39 is 12.1 Å². The van der Waals surface area contributed by atoms with Crippen molar-refractivity contribution in [1.82, 2.24) is 4.90 Å². The van der Waals surface area contributed by atoms with E-state index >= 15 is 0 Å². The van der Waals surface area contributed by atoms with Crippen molar-refractivity contribution in [2.75, 3.05) is 11.9 Å². The highest BCUT2D eigenvalue weighted by Crippen LogP contribution is 2.25. The molecule has 2 amide bonds. The molecule has 0 bridgehead atoms. The van der Waals surface area contributed by atoms with Gasteiger partial charge in [-0.15, -0.1) is 0 Å². The Morgan fingerprint density at radius 3 is 2.42 bits per heavy atom. The second-order valence-corrected chi connectivity index (χ2v) is 8.10. The Hall–Kier alpha value is -3.93. The van der Waals surface area contributed by atoms with Crippen molar-refractivity contribution in [3.63, 3.8) is 0 Å². The number of hydrogen-bond acceptors (Lipinski definition) is 4. The molecule has 0 aromatic heterocycles. The number of likely N-dealkylation sites (tertiary alicyclic amines) is 1. The SMILES string of the molecule is CC(=O)c1cccc(-c2cccc(NC(=O)[C@@H]3CCCN3C(=O)OCc3ccccc3)c2)c1. The number of anilines is 1. The lowest BCUT2D eigenvalue weighted by molar-refractivity contribution is -0.120. The number of Topliss-reactive ketones (excluding diaryl/α,β-unsaturated/α-hetero) is 1. The van der Waals surface area contributed by atoms with Crippen molar-refractivity contribution in [1.29, 1.82) is 0 Å². The summed E-state index contributed by atoms with van der Waals surface area (Å²) in [6, 6.07) is 23.7. The topological polar surface area (TPSA) is 75.7 Å². The maximum absolute atomic E-state index is 13.0. The Kier molecular flexibility index (Phi) is 6.83. The molecule has 1 atom stereocenters. The Morgan fingerprint density at radius 2 is 1.67 bits per heavy atom. The third kappa shape index (κ3) is 5.47. The number of nitrogens with one attached hydrogen (secondary N) is 1. The molecule has 6 nitrogen and oxygen atoms in total. The molecule has 6 heteroatoms. The molecule has 4 rings (SSSR count). The third-order valence-corrected chi connectivity index (χ3v) is 5.73. The van der Waals surface area contributed by atoms with Gasteiger partial charge in [0.25, 0.3) is 0 Å². The van der Waals surface area contributed by atoms with Gasteiger partial charge in [-0.05, 0) is 54.7 Å². The van der Waals surface area contributed by atoms with Gasteiger partial charge in [0.15, 0.2) is 5.78 Å². The van der Waals surface area contributed by atoms with E-state index in [4.69, 9.17) is 4.74 Å². The van der Waals surface area contributed by atoms with Crippen LogP contribution in [0.25, 0.3) is 11.1 Å². The van der Waals surface area contributed by atoms with Crippen molar-refractivity contribution in [3.8, 4) is 11.1 Å². The third-order valence-electron chi connectivity index (χ3n) is 5.73. The zero-order valence-corrected chi connectivity index (χ0v) is 18.5. The number of benzene rings is 3. The van der Waals surface area contributed by atoms with Crippen LogP contribution in [0.2, 0.25) is 0 Å². The van der Waals surface area contributed by atoms with Crippen LogP contribution in [0.15, 0.2) is 78.9 Å². The summed E-state index contributed by atoms with van der Waals surface area (Å²) in [6.45, 7) is 2.20. The van der Waals surface area contributed by atoms with E-state index in [9.17, 15) is 14.4 Å². The lowest BCUT2D eigenvalue weighted by Gasteiger charge is -2.23. The van der Waals surface area contributed by atoms with Crippen LogP contribution in [0.4, 0.5) is 10.5 Å². The minimum absolute atomic E-state index is 0.00165. The van der Waals surface area contributed by atoms with Crippen LogP contribution in [-0.2, 0) is 16.1 Å². The molecule has 168 valence electrons. The highest BCUT2D eigenvalue weighted by atomic mass is 16.6.